The highest BCUT2D eigenvalue weighted by Gasteiger charge is 2.13. The Bertz CT molecular complexity index is 978. The number of benzene rings is 2. The molecule has 3 rings (SSSR count). The molecule has 0 amide bonds. The Balaban J connectivity index is 2.09. The van der Waals surface area contributed by atoms with E-state index >= 15 is 0 Å². The molecule has 7 heteroatoms. The minimum absolute atomic E-state index is 0.0421. The van der Waals surface area contributed by atoms with Gasteiger partial charge in [-0.2, -0.15) is 5.10 Å². The van der Waals surface area contributed by atoms with Crippen LogP contribution >= 0.6 is 0 Å². The van der Waals surface area contributed by atoms with E-state index < -0.39 is 10.0 Å². The van der Waals surface area contributed by atoms with E-state index in [0.717, 1.165) is 29.8 Å². The van der Waals surface area contributed by atoms with Gasteiger partial charge in [0, 0.05) is 5.56 Å². The molecule has 5 nitrogen and oxygen atoms in total. The summed E-state index contributed by atoms with van der Waals surface area (Å²) in [7, 11) is -3.74. The predicted octanol–water partition coefficient (Wildman–Crippen LogP) is 3.28. The lowest BCUT2D eigenvalue weighted by atomic mass is 10.1. The van der Waals surface area contributed by atoms with Crippen LogP contribution in [0.5, 0.6) is 0 Å². The van der Waals surface area contributed by atoms with Gasteiger partial charge in [0.2, 0.25) is 10.0 Å². The summed E-state index contributed by atoms with van der Waals surface area (Å²) in [6, 6.07) is 14.3. The summed E-state index contributed by atoms with van der Waals surface area (Å²) in [4.78, 5) is 0.0421. The fourth-order valence-corrected chi connectivity index (χ4v) is 3.12. The van der Waals surface area contributed by atoms with Crippen LogP contribution in [-0.4, -0.2) is 18.2 Å². The zero-order chi connectivity index (χ0) is 18.0. The van der Waals surface area contributed by atoms with Crippen molar-refractivity contribution >= 4 is 10.0 Å². The molecule has 2 N–H and O–H groups in total. The van der Waals surface area contributed by atoms with Gasteiger partial charge in [-0.05, 0) is 61.0 Å². The molecule has 0 aliphatic carbocycles. The third-order valence-electron chi connectivity index (χ3n) is 3.82. The quantitative estimate of drug-likeness (QED) is 0.759. The normalized spacial score (nSPS) is 11.6. The molecule has 1 heterocycles. The standard InChI is InChI=1S/C18H18FN3O2S/c1-2-3-15-12-18(13-4-6-14(19)7-5-13)22(21-15)16-8-10-17(11-9-16)25(20,23)24/h4-12H,2-3H2,1H3,(H2,20,23,24). The molecule has 0 aliphatic rings. The molecule has 0 radical (unpaired) electrons. The number of hydrogen-bond acceptors (Lipinski definition) is 3. The zero-order valence-corrected chi connectivity index (χ0v) is 14.5. The average Bonchev–Trinajstić information content (AvgIpc) is 2.99. The van der Waals surface area contributed by atoms with Crippen LogP contribution in [0.2, 0.25) is 0 Å². The van der Waals surface area contributed by atoms with Gasteiger partial charge in [0.1, 0.15) is 5.82 Å². The minimum Gasteiger partial charge on any atom is -0.233 e. The van der Waals surface area contributed by atoms with Gasteiger partial charge in [0.25, 0.3) is 0 Å². The van der Waals surface area contributed by atoms with E-state index in [0.29, 0.717) is 5.69 Å². The number of hydrogen-bond donors (Lipinski definition) is 1. The molecule has 0 spiro atoms. The Hall–Kier alpha value is -2.51. The summed E-state index contributed by atoms with van der Waals surface area (Å²) in [5, 5.41) is 9.74. The lowest BCUT2D eigenvalue weighted by Gasteiger charge is -2.08. The van der Waals surface area contributed by atoms with Gasteiger partial charge in [0.05, 0.1) is 22.0 Å². The predicted molar refractivity (Wildman–Crippen MR) is 94.3 cm³/mol. The largest absolute Gasteiger partial charge is 0.238 e. The van der Waals surface area contributed by atoms with Crippen LogP contribution in [0.4, 0.5) is 4.39 Å². The van der Waals surface area contributed by atoms with Crippen molar-refractivity contribution in [2.45, 2.75) is 24.7 Å². The molecule has 0 saturated heterocycles. The van der Waals surface area contributed by atoms with Crippen molar-refractivity contribution in [3.05, 3.63) is 66.1 Å². The van der Waals surface area contributed by atoms with Crippen molar-refractivity contribution in [2.24, 2.45) is 5.14 Å². The Morgan fingerprint density at radius 3 is 2.28 bits per heavy atom. The molecule has 0 aliphatic heterocycles. The summed E-state index contributed by atoms with van der Waals surface area (Å²) in [5.41, 5.74) is 3.25. The zero-order valence-electron chi connectivity index (χ0n) is 13.7. The summed E-state index contributed by atoms with van der Waals surface area (Å²) >= 11 is 0. The highest BCUT2D eigenvalue weighted by molar-refractivity contribution is 7.89. The Morgan fingerprint density at radius 2 is 1.72 bits per heavy atom. The molecule has 1 aromatic heterocycles. The summed E-state index contributed by atoms with van der Waals surface area (Å²) in [6.07, 6.45) is 1.76. The second-order valence-corrected chi connectivity index (χ2v) is 7.29. The fourth-order valence-electron chi connectivity index (χ4n) is 2.61. The molecule has 130 valence electrons. The van der Waals surface area contributed by atoms with Crippen molar-refractivity contribution in [3.8, 4) is 16.9 Å². The molecule has 0 atom stereocenters. The van der Waals surface area contributed by atoms with Crippen molar-refractivity contribution in [1.29, 1.82) is 0 Å². The first kappa shape index (κ1) is 17.3. The molecule has 0 saturated carbocycles. The molecular weight excluding hydrogens is 341 g/mol. The molecule has 25 heavy (non-hydrogen) atoms. The number of rotatable bonds is 5. The van der Waals surface area contributed by atoms with Crippen LogP contribution in [0.25, 0.3) is 16.9 Å². The van der Waals surface area contributed by atoms with Crippen LogP contribution < -0.4 is 5.14 Å². The molecule has 3 aromatic rings. The highest BCUT2D eigenvalue weighted by Crippen LogP contribution is 2.25. The third kappa shape index (κ3) is 3.78. The molecule has 0 bridgehead atoms. The highest BCUT2D eigenvalue weighted by atomic mass is 32.2. The number of nitrogens with two attached hydrogens (primary N) is 1. The number of primary sulfonamides is 1. The summed E-state index contributed by atoms with van der Waals surface area (Å²) < 4.78 is 37.8. The SMILES string of the molecule is CCCc1cc(-c2ccc(F)cc2)n(-c2ccc(S(N)(=O)=O)cc2)n1. The Kier molecular flexibility index (Phi) is 4.69. The summed E-state index contributed by atoms with van der Waals surface area (Å²) in [5.74, 6) is -0.305. The third-order valence-corrected chi connectivity index (χ3v) is 4.75. The molecule has 2 aromatic carbocycles. The number of halogens is 1. The van der Waals surface area contributed by atoms with Crippen molar-refractivity contribution < 1.29 is 12.8 Å². The van der Waals surface area contributed by atoms with Crippen molar-refractivity contribution in [1.82, 2.24) is 9.78 Å². The van der Waals surface area contributed by atoms with E-state index in [-0.39, 0.29) is 10.7 Å². The topological polar surface area (TPSA) is 78.0 Å². The van der Waals surface area contributed by atoms with E-state index in [9.17, 15) is 12.8 Å². The smallest absolute Gasteiger partial charge is 0.233 e. The first-order chi connectivity index (χ1) is 11.9. The van der Waals surface area contributed by atoms with Crippen LogP contribution in [0.3, 0.4) is 0 Å². The van der Waals surface area contributed by atoms with Crippen molar-refractivity contribution in [2.75, 3.05) is 0 Å². The first-order valence-corrected chi connectivity index (χ1v) is 9.41. The van der Waals surface area contributed by atoms with Gasteiger partial charge >= 0.3 is 0 Å². The van der Waals surface area contributed by atoms with Crippen molar-refractivity contribution in [3.63, 3.8) is 0 Å². The first-order valence-electron chi connectivity index (χ1n) is 7.86. The maximum Gasteiger partial charge on any atom is 0.238 e. The average molecular weight is 359 g/mol. The van der Waals surface area contributed by atoms with Gasteiger partial charge in [-0.25, -0.2) is 22.6 Å². The van der Waals surface area contributed by atoms with E-state index in [1.807, 2.05) is 6.07 Å². The number of aryl methyl sites for hydroxylation is 1. The van der Waals surface area contributed by atoms with E-state index in [4.69, 9.17) is 5.14 Å². The van der Waals surface area contributed by atoms with Gasteiger partial charge in [-0.1, -0.05) is 13.3 Å². The second kappa shape index (κ2) is 6.78. The maximum absolute atomic E-state index is 13.2. The second-order valence-electron chi connectivity index (χ2n) is 5.73. The number of sulfonamides is 1. The Labute approximate surface area is 146 Å². The number of nitrogens with zero attached hydrogens (tertiary/aromatic N) is 2. The van der Waals surface area contributed by atoms with Crippen LogP contribution in [0.15, 0.2) is 59.5 Å². The molecule has 0 fully saturated rings. The Morgan fingerprint density at radius 1 is 1.08 bits per heavy atom. The van der Waals surface area contributed by atoms with Crippen LogP contribution in [0.1, 0.15) is 19.0 Å². The lowest BCUT2D eigenvalue weighted by molar-refractivity contribution is 0.597. The van der Waals surface area contributed by atoms with Gasteiger partial charge in [0.15, 0.2) is 0 Å². The maximum atomic E-state index is 13.2. The van der Waals surface area contributed by atoms with E-state index in [2.05, 4.69) is 12.0 Å². The molecule has 0 unspecified atom stereocenters. The lowest BCUT2D eigenvalue weighted by Crippen LogP contribution is -2.12. The van der Waals surface area contributed by atoms with E-state index in [1.165, 1.54) is 24.3 Å². The van der Waals surface area contributed by atoms with E-state index in [1.54, 1.807) is 28.9 Å². The monoisotopic (exact) mass is 359 g/mol. The van der Waals surface area contributed by atoms with Gasteiger partial charge in [-0.3, -0.25) is 0 Å². The van der Waals surface area contributed by atoms with Gasteiger partial charge < -0.3 is 0 Å². The van der Waals surface area contributed by atoms with Crippen LogP contribution in [0, 0.1) is 5.82 Å². The van der Waals surface area contributed by atoms with Crippen LogP contribution in [-0.2, 0) is 16.4 Å². The fraction of sp³-hybridized carbons (Fsp3) is 0.167. The summed E-state index contributed by atoms with van der Waals surface area (Å²) in [6.45, 7) is 2.07. The number of aromatic nitrogens is 2. The molecular formula is C18H18FN3O2S. The minimum atomic E-state index is -3.74. The van der Waals surface area contributed by atoms with Gasteiger partial charge in [-0.15, -0.1) is 0 Å².